The maximum absolute atomic E-state index is 12.0. The minimum Gasteiger partial charge on any atom is -0.399 e. The molecule has 2 rings (SSSR count). The van der Waals surface area contributed by atoms with Gasteiger partial charge in [-0.05, 0) is 54.8 Å². The maximum atomic E-state index is 12.0. The molecule has 0 spiro atoms. The van der Waals surface area contributed by atoms with Crippen LogP contribution in [-0.4, -0.2) is 5.91 Å². The summed E-state index contributed by atoms with van der Waals surface area (Å²) in [6.07, 6.45) is 3.47. The van der Waals surface area contributed by atoms with Crippen LogP contribution in [0.5, 0.6) is 0 Å². The van der Waals surface area contributed by atoms with Gasteiger partial charge in [-0.15, -0.1) is 0 Å². The first-order chi connectivity index (χ1) is 9.69. The largest absolute Gasteiger partial charge is 0.399 e. The van der Waals surface area contributed by atoms with E-state index in [0.29, 0.717) is 11.3 Å². The molecule has 0 unspecified atom stereocenters. The van der Waals surface area contributed by atoms with Crippen LogP contribution in [0.2, 0.25) is 0 Å². The molecule has 1 amide bonds. The second kappa shape index (κ2) is 6.75. The highest BCUT2D eigenvalue weighted by molar-refractivity contribution is 6.04. The normalized spacial score (nSPS) is 10.2. The van der Waals surface area contributed by atoms with E-state index >= 15 is 0 Å². The van der Waals surface area contributed by atoms with E-state index in [4.69, 9.17) is 5.73 Å². The third-order valence-electron chi connectivity index (χ3n) is 3.20. The molecule has 0 fully saturated rings. The van der Waals surface area contributed by atoms with Gasteiger partial charge in [0.1, 0.15) is 0 Å². The Balaban J connectivity index is 1.99. The van der Waals surface area contributed by atoms with Gasteiger partial charge in [-0.2, -0.15) is 0 Å². The fourth-order valence-electron chi connectivity index (χ4n) is 1.97. The van der Waals surface area contributed by atoms with Crippen LogP contribution in [0, 0.1) is 0 Å². The Morgan fingerprint density at radius 3 is 2.30 bits per heavy atom. The summed E-state index contributed by atoms with van der Waals surface area (Å²) in [4.78, 5) is 12.0. The lowest BCUT2D eigenvalue weighted by molar-refractivity contribution is 0.102. The van der Waals surface area contributed by atoms with Crippen LogP contribution in [0.15, 0.2) is 48.5 Å². The molecule has 0 aliphatic carbocycles. The molecule has 0 heterocycles. The predicted octanol–water partition coefficient (Wildman–Crippen LogP) is 3.86. The minimum atomic E-state index is -0.119. The fraction of sp³-hybridized carbons (Fsp3) is 0.235. The van der Waals surface area contributed by atoms with Gasteiger partial charge in [0.05, 0.1) is 0 Å². The SMILES string of the molecule is CCCCc1ccc(NC(=O)c2ccc(N)cc2)cc1. The number of anilines is 2. The van der Waals surface area contributed by atoms with Gasteiger partial charge in [0.15, 0.2) is 0 Å². The molecule has 104 valence electrons. The second-order valence-corrected chi connectivity index (χ2v) is 4.88. The molecule has 3 nitrogen and oxygen atoms in total. The molecule has 0 aliphatic heterocycles. The molecule has 0 bridgehead atoms. The summed E-state index contributed by atoms with van der Waals surface area (Å²) in [6.45, 7) is 2.18. The lowest BCUT2D eigenvalue weighted by Gasteiger charge is -2.07. The second-order valence-electron chi connectivity index (χ2n) is 4.88. The van der Waals surface area contributed by atoms with E-state index in [1.54, 1.807) is 24.3 Å². The molecule has 3 N–H and O–H groups in total. The molecule has 3 heteroatoms. The Morgan fingerprint density at radius 1 is 1.05 bits per heavy atom. The average Bonchev–Trinajstić information content (AvgIpc) is 2.47. The molecule has 0 atom stereocenters. The van der Waals surface area contributed by atoms with Crippen LogP contribution in [-0.2, 0) is 6.42 Å². The Kier molecular flexibility index (Phi) is 4.77. The van der Waals surface area contributed by atoms with Crippen molar-refractivity contribution in [3.8, 4) is 0 Å². The van der Waals surface area contributed by atoms with Gasteiger partial charge < -0.3 is 11.1 Å². The Hall–Kier alpha value is -2.29. The molecule has 2 aromatic rings. The number of hydrogen-bond acceptors (Lipinski definition) is 2. The van der Waals surface area contributed by atoms with E-state index in [1.165, 1.54) is 18.4 Å². The highest BCUT2D eigenvalue weighted by Crippen LogP contribution is 2.14. The highest BCUT2D eigenvalue weighted by atomic mass is 16.1. The van der Waals surface area contributed by atoms with Gasteiger partial charge >= 0.3 is 0 Å². The molecule has 0 aromatic heterocycles. The Bertz CT molecular complexity index is 559. The molecular weight excluding hydrogens is 248 g/mol. The van der Waals surface area contributed by atoms with E-state index in [-0.39, 0.29) is 5.91 Å². The number of nitrogens with two attached hydrogens (primary N) is 1. The molecule has 2 aromatic carbocycles. The van der Waals surface area contributed by atoms with Crippen molar-refractivity contribution in [3.05, 3.63) is 59.7 Å². The van der Waals surface area contributed by atoms with E-state index in [2.05, 4.69) is 24.4 Å². The molecule has 0 saturated carbocycles. The number of benzene rings is 2. The van der Waals surface area contributed by atoms with Crippen molar-refractivity contribution in [2.75, 3.05) is 11.1 Å². The number of rotatable bonds is 5. The number of nitrogen functional groups attached to an aromatic ring is 1. The number of hydrogen-bond donors (Lipinski definition) is 2. The van der Waals surface area contributed by atoms with Gasteiger partial charge in [-0.25, -0.2) is 0 Å². The van der Waals surface area contributed by atoms with Crippen molar-refractivity contribution < 1.29 is 4.79 Å². The summed E-state index contributed by atoms with van der Waals surface area (Å²) in [7, 11) is 0. The smallest absolute Gasteiger partial charge is 0.255 e. The third kappa shape index (κ3) is 3.85. The van der Waals surface area contributed by atoms with Gasteiger partial charge in [-0.1, -0.05) is 25.5 Å². The van der Waals surface area contributed by atoms with Crippen molar-refractivity contribution in [1.29, 1.82) is 0 Å². The van der Waals surface area contributed by atoms with E-state index in [9.17, 15) is 4.79 Å². The van der Waals surface area contributed by atoms with Crippen molar-refractivity contribution in [2.45, 2.75) is 26.2 Å². The summed E-state index contributed by atoms with van der Waals surface area (Å²) in [5.41, 5.74) is 8.98. The number of nitrogens with one attached hydrogen (secondary N) is 1. The van der Waals surface area contributed by atoms with Crippen molar-refractivity contribution in [2.24, 2.45) is 0 Å². The van der Waals surface area contributed by atoms with Crippen LogP contribution in [0.3, 0.4) is 0 Å². The van der Waals surface area contributed by atoms with Crippen LogP contribution in [0.1, 0.15) is 35.7 Å². The molecule has 20 heavy (non-hydrogen) atoms. The van der Waals surface area contributed by atoms with E-state index in [0.717, 1.165) is 12.1 Å². The quantitative estimate of drug-likeness (QED) is 0.809. The minimum absolute atomic E-state index is 0.119. The summed E-state index contributed by atoms with van der Waals surface area (Å²) in [5, 5.41) is 2.88. The monoisotopic (exact) mass is 268 g/mol. The number of unbranched alkanes of at least 4 members (excludes halogenated alkanes) is 1. The first kappa shape index (κ1) is 14.1. The number of carbonyl (C=O) groups excluding carboxylic acids is 1. The van der Waals surface area contributed by atoms with Crippen molar-refractivity contribution in [3.63, 3.8) is 0 Å². The predicted molar refractivity (Wildman–Crippen MR) is 83.9 cm³/mol. The van der Waals surface area contributed by atoms with Gasteiger partial charge in [0, 0.05) is 16.9 Å². The van der Waals surface area contributed by atoms with E-state index < -0.39 is 0 Å². The highest BCUT2D eigenvalue weighted by Gasteiger charge is 2.05. The van der Waals surface area contributed by atoms with Gasteiger partial charge in [0.25, 0.3) is 5.91 Å². The summed E-state index contributed by atoms with van der Waals surface area (Å²) in [6, 6.07) is 14.9. The summed E-state index contributed by atoms with van der Waals surface area (Å²) >= 11 is 0. The zero-order valence-corrected chi connectivity index (χ0v) is 11.7. The number of amides is 1. The first-order valence-corrected chi connectivity index (χ1v) is 6.95. The van der Waals surface area contributed by atoms with Crippen LogP contribution in [0.4, 0.5) is 11.4 Å². The molecule has 0 saturated heterocycles. The van der Waals surface area contributed by atoms with Crippen LogP contribution >= 0.6 is 0 Å². The van der Waals surface area contributed by atoms with Crippen molar-refractivity contribution in [1.82, 2.24) is 0 Å². The molecule has 0 radical (unpaired) electrons. The average molecular weight is 268 g/mol. The van der Waals surface area contributed by atoms with E-state index in [1.807, 2.05) is 12.1 Å². The summed E-state index contributed by atoms with van der Waals surface area (Å²) < 4.78 is 0. The Labute approximate surface area is 119 Å². The van der Waals surface area contributed by atoms with Crippen molar-refractivity contribution >= 4 is 17.3 Å². The first-order valence-electron chi connectivity index (χ1n) is 6.95. The Morgan fingerprint density at radius 2 is 1.70 bits per heavy atom. The van der Waals surface area contributed by atoms with Gasteiger partial charge in [0.2, 0.25) is 0 Å². The lowest BCUT2D eigenvalue weighted by Crippen LogP contribution is -2.11. The third-order valence-corrected chi connectivity index (χ3v) is 3.20. The molecule has 0 aliphatic rings. The lowest BCUT2D eigenvalue weighted by atomic mass is 10.1. The van der Waals surface area contributed by atoms with Crippen LogP contribution < -0.4 is 11.1 Å². The standard InChI is InChI=1S/C17H20N2O/c1-2-3-4-13-5-11-16(12-6-13)19-17(20)14-7-9-15(18)10-8-14/h5-12H,2-4,18H2,1H3,(H,19,20). The fourth-order valence-corrected chi connectivity index (χ4v) is 1.97. The topological polar surface area (TPSA) is 55.1 Å². The zero-order valence-electron chi connectivity index (χ0n) is 11.7. The van der Waals surface area contributed by atoms with Crippen LogP contribution in [0.25, 0.3) is 0 Å². The van der Waals surface area contributed by atoms with Gasteiger partial charge in [-0.3, -0.25) is 4.79 Å². The maximum Gasteiger partial charge on any atom is 0.255 e. The summed E-state index contributed by atoms with van der Waals surface area (Å²) in [5.74, 6) is -0.119. The zero-order chi connectivity index (χ0) is 14.4. The number of aryl methyl sites for hydroxylation is 1. The molecular formula is C17H20N2O. The number of carbonyl (C=O) groups is 1.